The highest BCUT2D eigenvalue weighted by molar-refractivity contribution is 5.95. The maximum atomic E-state index is 14.2. The number of carbonyl (C=O) groups is 4. The van der Waals surface area contributed by atoms with Crippen LogP contribution in [0.1, 0.15) is 252 Å². The first-order valence-corrected chi connectivity index (χ1v) is 27.3. The standard InChI is InChI=1S/C66H94O12/c1-59(2,3)43-31-41(32-44(51(43)67)60(4,5)6)57(71)77-53-47(63(13,14)15)35-39(36-48(53)64(16,17)18)55(69)75-29-27-73-25-26-74-28-30-76-56(70)40-37-49(65(19,20)21)54(50(38-40)66(22,23)24)78-58(72)42-33-45(61(7,8)9)52(68)46(34-42)62(10,11)12/h31-38,67-68H,25-30H2,1-24H3. The molecule has 78 heavy (non-hydrogen) atoms. The normalized spacial score (nSPS) is 13.1. The third-order valence-electron chi connectivity index (χ3n) is 13.5. The van der Waals surface area contributed by atoms with Crippen molar-refractivity contribution in [3.8, 4) is 23.0 Å². The van der Waals surface area contributed by atoms with Gasteiger partial charge in [0.15, 0.2) is 0 Å². The van der Waals surface area contributed by atoms with Crippen molar-refractivity contribution in [2.24, 2.45) is 0 Å². The van der Waals surface area contributed by atoms with E-state index in [4.69, 9.17) is 28.4 Å². The van der Waals surface area contributed by atoms with E-state index in [-0.39, 0.29) is 51.1 Å². The largest absolute Gasteiger partial charge is 0.507 e. The van der Waals surface area contributed by atoms with Crippen LogP contribution in [0.4, 0.5) is 0 Å². The minimum Gasteiger partial charge on any atom is -0.507 e. The number of ether oxygens (including phenoxy) is 6. The van der Waals surface area contributed by atoms with Crippen LogP contribution in [0.15, 0.2) is 48.5 Å². The van der Waals surface area contributed by atoms with Crippen LogP contribution in [0.25, 0.3) is 0 Å². The SMILES string of the molecule is CC(C)(C)c1cc(C(=O)Oc2c(C(C)(C)C)cc(C(=O)OCCOCCOCCOC(=O)c3cc(C(C)(C)C)c(OC(=O)c4cc(C(C)(C)C)c(O)c(C(C)(C)C)c4)c(C(C)(C)C)c3)cc2C(C)(C)C)cc(C(C)(C)C)c1O. The third-order valence-corrected chi connectivity index (χ3v) is 13.5. The number of rotatable bonds is 15. The Hall–Kier alpha value is -5.72. The topological polar surface area (TPSA) is 164 Å². The van der Waals surface area contributed by atoms with E-state index in [1.807, 2.05) is 166 Å². The third kappa shape index (κ3) is 16.4. The molecule has 0 spiro atoms. The summed E-state index contributed by atoms with van der Waals surface area (Å²) in [6.07, 6.45) is 0. The van der Waals surface area contributed by atoms with Gasteiger partial charge in [0.05, 0.1) is 48.7 Å². The molecule has 430 valence electrons. The fraction of sp³-hybridized carbons (Fsp3) is 0.576. The Labute approximate surface area is 467 Å². The second-order valence-corrected chi connectivity index (χ2v) is 28.9. The Morgan fingerprint density at radius 3 is 0.679 bits per heavy atom. The Bertz CT molecular complexity index is 2510. The van der Waals surface area contributed by atoms with Crippen LogP contribution < -0.4 is 9.47 Å². The summed E-state index contributed by atoms with van der Waals surface area (Å²) in [5, 5.41) is 22.6. The van der Waals surface area contributed by atoms with Crippen molar-refractivity contribution in [2.75, 3.05) is 39.6 Å². The molecule has 4 aromatic rings. The number of aromatic hydroxyl groups is 2. The minimum atomic E-state index is -0.564. The smallest absolute Gasteiger partial charge is 0.343 e. The quantitative estimate of drug-likeness (QED) is 0.0659. The molecule has 0 heterocycles. The van der Waals surface area contributed by atoms with E-state index in [9.17, 15) is 29.4 Å². The highest BCUT2D eigenvalue weighted by Gasteiger charge is 2.36. The van der Waals surface area contributed by atoms with Crippen molar-refractivity contribution in [3.63, 3.8) is 0 Å². The Morgan fingerprint density at radius 1 is 0.295 bits per heavy atom. The van der Waals surface area contributed by atoms with Gasteiger partial charge in [0.2, 0.25) is 0 Å². The summed E-state index contributed by atoms with van der Waals surface area (Å²) in [5.74, 6) is -1.12. The highest BCUT2D eigenvalue weighted by atomic mass is 16.6. The molecule has 0 aromatic heterocycles. The molecule has 0 amide bonds. The Balaban J connectivity index is 1.40. The second kappa shape index (κ2) is 23.5. The van der Waals surface area contributed by atoms with Crippen molar-refractivity contribution >= 4 is 23.9 Å². The van der Waals surface area contributed by atoms with Gasteiger partial charge in [-0.2, -0.15) is 0 Å². The summed E-state index contributed by atoms with van der Waals surface area (Å²) in [5.41, 5.74) is 2.55. The first-order valence-electron chi connectivity index (χ1n) is 27.3. The lowest BCUT2D eigenvalue weighted by molar-refractivity contribution is 0.00227. The summed E-state index contributed by atoms with van der Waals surface area (Å²) in [6.45, 7) is 48.4. The van der Waals surface area contributed by atoms with E-state index in [0.717, 1.165) is 0 Å². The van der Waals surface area contributed by atoms with E-state index in [2.05, 4.69) is 0 Å². The Kier molecular flexibility index (Phi) is 19.6. The van der Waals surface area contributed by atoms with Crippen LogP contribution in [-0.4, -0.2) is 73.7 Å². The van der Waals surface area contributed by atoms with Crippen molar-refractivity contribution < 1.29 is 57.8 Å². The monoisotopic (exact) mass is 1080 g/mol. The highest BCUT2D eigenvalue weighted by Crippen LogP contribution is 2.46. The average Bonchev–Trinajstić information content (AvgIpc) is 3.26. The number of hydrogen-bond donors (Lipinski definition) is 2. The summed E-state index contributed by atoms with van der Waals surface area (Å²) >= 11 is 0. The van der Waals surface area contributed by atoms with Gasteiger partial charge in [0, 0.05) is 44.5 Å². The molecule has 2 N–H and O–H groups in total. The van der Waals surface area contributed by atoms with Gasteiger partial charge in [-0.05, 0) is 91.9 Å². The van der Waals surface area contributed by atoms with Crippen LogP contribution in [-0.2, 0) is 62.3 Å². The Morgan fingerprint density at radius 2 is 0.474 bits per heavy atom. The van der Waals surface area contributed by atoms with E-state index >= 15 is 0 Å². The molecule has 0 radical (unpaired) electrons. The molecule has 12 heteroatoms. The van der Waals surface area contributed by atoms with Crippen LogP contribution >= 0.6 is 0 Å². The van der Waals surface area contributed by atoms with Gasteiger partial charge >= 0.3 is 23.9 Å². The van der Waals surface area contributed by atoms with E-state index in [1.54, 1.807) is 48.5 Å². The van der Waals surface area contributed by atoms with E-state index in [1.165, 1.54) is 0 Å². The molecule has 4 rings (SSSR count). The van der Waals surface area contributed by atoms with Gasteiger partial charge in [0.25, 0.3) is 0 Å². The van der Waals surface area contributed by atoms with Crippen LogP contribution in [0.3, 0.4) is 0 Å². The van der Waals surface area contributed by atoms with Crippen LogP contribution in [0, 0.1) is 0 Å². The minimum absolute atomic E-state index is 0.0197. The fourth-order valence-electron chi connectivity index (χ4n) is 8.91. The maximum Gasteiger partial charge on any atom is 0.343 e. The van der Waals surface area contributed by atoms with Gasteiger partial charge < -0.3 is 38.6 Å². The fourth-order valence-corrected chi connectivity index (χ4v) is 8.91. The van der Waals surface area contributed by atoms with E-state index in [0.29, 0.717) is 78.3 Å². The molecule has 4 aromatic carbocycles. The predicted octanol–water partition coefficient (Wildman–Crippen LogP) is 15.0. The zero-order valence-electron chi connectivity index (χ0n) is 51.8. The van der Waals surface area contributed by atoms with Gasteiger partial charge in [-0.1, -0.05) is 166 Å². The lowest BCUT2D eigenvalue weighted by atomic mass is 9.78. The maximum absolute atomic E-state index is 14.2. The molecule has 0 saturated carbocycles. The van der Waals surface area contributed by atoms with Crippen LogP contribution in [0.5, 0.6) is 23.0 Å². The molecular formula is C66H94O12. The summed E-state index contributed by atoms with van der Waals surface area (Å²) in [6, 6.07) is 13.7. The molecule has 0 aliphatic heterocycles. The van der Waals surface area contributed by atoms with Crippen molar-refractivity contribution in [3.05, 3.63) is 115 Å². The summed E-state index contributed by atoms with van der Waals surface area (Å²) in [4.78, 5) is 55.7. The zero-order valence-corrected chi connectivity index (χ0v) is 51.8. The molecule has 0 aliphatic carbocycles. The lowest BCUT2D eigenvalue weighted by Crippen LogP contribution is -2.24. The van der Waals surface area contributed by atoms with E-state index < -0.39 is 67.2 Å². The molecule has 0 unspecified atom stereocenters. The molecule has 0 bridgehead atoms. The first-order chi connectivity index (χ1) is 35.3. The van der Waals surface area contributed by atoms with Gasteiger partial charge in [-0.15, -0.1) is 0 Å². The molecule has 0 aliphatic rings. The molecular weight excluding hydrogens is 985 g/mol. The van der Waals surface area contributed by atoms with Gasteiger partial charge in [0.1, 0.15) is 36.2 Å². The van der Waals surface area contributed by atoms with Gasteiger partial charge in [-0.3, -0.25) is 0 Å². The van der Waals surface area contributed by atoms with Crippen molar-refractivity contribution in [2.45, 2.75) is 209 Å². The molecule has 0 atom stereocenters. The number of hydrogen-bond acceptors (Lipinski definition) is 12. The lowest BCUT2D eigenvalue weighted by Gasteiger charge is -2.30. The molecule has 12 nitrogen and oxygen atoms in total. The summed E-state index contributed by atoms with van der Waals surface area (Å²) in [7, 11) is 0. The number of phenolic OH excluding ortho intramolecular Hbond substituents is 2. The number of esters is 4. The number of carbonyl (C=O) groups excluding carboxylic acids is 4. The number of phenols is 2. The van der Waals surface area contributed by atoms with Crippen molar-refractivity contribution in [1.82, 2.24) is 0 Å². The molecule has 0 saturated heterocycles. The van der Waals surface area contributed by atoms with Gasteiger partial charge in [-0.25, -0.2) is 19.2 Å². The first kappa shape index (κ1) is 64.8. The van der Waals surface area contributed by atoms with Crippen LogP contribution in [0.2, 0.25) is 0 Å². The second-order valence-electron chi connectivity index (χ2n) is 28.9. The zero-order chi connectivity index (χ0) is 59.7. The van der Waals surface area contributed by atoms with Crippen molar-refractivity contribution in [1.29, 1.82) is 0 Å². The summed E-state index contributed by atoms with van der Waals surface area (Å²) < 4.78 is 35.5. The average molecular weight is 1080 g/mol. The number of benzene rings is 4. The molecule has 0 fully saturated rings. The predicted molar refractivity (Wildman–Crippen MR) is 311 cm³/mol.